The molecule has 43 heavy (non-hydrogen) atoms. The van der Waals surface area contributed by atoms with Gasteiger partial charge in [0.15, 0.2) is 0 Å². The van der Waals surface area contributed by atoms with Gasteiger partial charge in [-0.15, -0.1) is 0 Å². The van der Waals surface area contributed by atoms with Crippen LogP contribution in [0.25, 0.3) is 16.8 Å². The number of hydrogen-bond acceptors (Lipinski definition) is 8. The molecule has 0 aromatic heterocycles. The molecule has 4 aromatic carbocycles. The fraction of sp³-hybridized carbons (Fsp3) is 0.133. The van der Waals surface area contributed by atoms with Gasteiger partial charge >= 0.3 is 0 Å². The zero-order valence-electron chi connectivity index (χ0n) is 23.1. The summed E-state index contributed by atoms with van der Waals surface area (Å²) in [6, 6.07) is 21.1. The fourth-order valence-electron chi connectivity index (χ4n) is 4.57. The van der Waals surface area contributed by atoms with Crippen molar-refractivity contribution in [2.24, 2.45) is 5.10 Å². The van der Waals surface area contributed by atoms with Crippen molar-refractivity contribution in [3.63, 3.8) is 0 Å². The molecule has 1 aliphatic heterocycles. The Kier molecular flexibility index (Phi) is 8.08. The first-order valence-corrected chi connectivity index (χ1v) is 15.9. The molecule has 1 aliphatic rings. The highest BCUT2D eigenvalue weighted by molar-refractivity contribution is 7.86. The van der Waals surface area contributed by atoms with E-state index in [2.05, 4.69) is 10.4 Å². The standard InChI is InChI=1S/C30H27N3O8S2/c1-3-41-28-13-6-21(15-29(28)43(38,39)40)18-31-24-9-4-20(5-10-24)14-27-19(2)32-33(30(27)34)25-11-7-23-17-26(42(35,36)37)12-8-22(23)16-25/h4-17,31H,3,18H2,1-2H3,(H,35,36,37)(H,38,39,40). The minimum Gasteiger partial charge on any atom is -0.492 e. The van der Waals surface area contributed by atoms with Gasteiger partial charge in [-0.25, -0.2) is 0 Å². The molecular weight excluding hydrogens is 594 g/mol. The zero-order valence-corrected chi connectivity index (χ0v) is 24.7. The van der Waals surface area contributed by atoms with Gasteiger partial charge in [0.1, 0.15) is 10.6 Å². The third-order valence-electron chi connectivity index (χ3n) is 6.70. The second-order valence-electron chi connectivity index (χ2n) is 9.69. The van der Waals surface area contributed by atoms with Crippen LogP contribution >= 0.6 is 0 Å². The summed E-state index contributed by atoms with van der Waals surface area (Å²) in [7, 11) is -8.79. The van der Waals surface area contributed by atoms with Gasteiger partial charge in [-0.05, 0) is 90.4 Å². The Morgan fingerprint density at radius 3 is 2.26 bits per heavy atom. The molecule has 0 bridgehead atoms. The zero-order chi connectivity index (χ0) is 30.9. The van der Waals surface area contributed by atoms with Crippen molar-refractivity contribution in [2.75, 3.05) is 16.9 Å². The molecule has 4 aromatic rings. The van der Waals surface area contributed by atoms with Gasteiger partial charge in [0, 0.05) is 12.2 Å². The summed E-state index contributed by atoms with van der Waals surface area (Å²) in [5.74, 6) is -0.237. The Labute approximate surface area is 248 Å². The van der Waals surface area contributed by atoms with Crippen molar-refractivity contribution in [3.05, 3.63) is 95.6 Å². The summed E-state index contributed by atoms with van der Waals surface area (Å²) < 4.78 is 70.6. The molecule has 0 spiro atoms. The maximum Gasteiger partial charge on any atom is 0.298 e. The van der Waals surface area contributed by atoms with E-state index in [0.717, 1.165) is 11.3 Å². The number of hydrogen-bond donors (Lipinski definition) is 3. The van der Waals surface area contributed by atoms with Gasteiger partial charge < -0.3 is 10.1 Å². The number of benzene rings is 4. The van der Waals surface area contributed by atoms with Crippen molar-refractivity contribution >= 4 is 60.1 Å². The summed E-state index contributed by atoms with van der Waals surface area (Å²) >= 11 is 0. The molecule has 0 saturated carbocycles. The van der Waals surface area contributed by atoms with Crippen LogP contribution in [0.3, 0.4) is 0 Å². The van der Waals surface area contributed by atoms with E-state index in [1.54, 1.807) is 50.3 Å². The average molecular weight is 622 g/mol. The number of carbonyl (C=O) groups is 1. The minimum atomic E-state index is -4.45. The van der Waals surface area contributed by atoms with Crippen molar-refractivity contribution < 1.29 is 35.5 Å². The molecule has 0 atom stereocenters. The van der Waals surface area contributed by atoms with Crippen LogP contribution in [0.1, 0.15) is 25.0 Å². The van der Waals surface area contributed by atoms with Gasteiger partial charge in [0.05, 0.1) is 28.5 Å². The van der Waals surface area contributed by atoms with Gasteiger partial charge in [-0.2, -0.15) is 26.9 Å². The van der Waals surface area contributed by atoms with Gasteiger partial charge in [-0.1, -0.05) is 30.3 Å². The van der Waals surface area contributed by atoms with Gasteiger partial charge in [0.25, 0.3) is 26.1 Å². The summed E-state index contributed by atoms with van der Waals surface area (Å²) in [4.78, 5) is 12.8. The van der Waals surface area contributed by atoms with Crippen LogP contribution < -0.4 is 15.1 Å². The van der Waals surface area contributed by atoms with E-state index in [-0.39, 0.29) is 34.6 Å². The van der Waals surface area contributed by atoms with Crippen molar-refractivity contribution in [2.45, 2.75) is 30.2 Å². The van der Waals surface area contributed by atoms with Crippen LogP contribution in [0.15, 0.2) is 99.3 Å². The Bertz CT molecular complexity index is 2020. The summed E-state index contributed by atoms with van der Waals surface area (Å²) in [5.41, 5.74) is 3.58. The van der Waals surface area contributed by atoms with Gasteiger partial charge in [-0.3, -0.25) is 13.9 Å². The Hall–Kier alpha value is -4.56. The second-order valence-corrected chi connectivity index (χ2v) is 12.5. The molecule has 1 amide bonds. The Morgan fingerprint density at radius 2 is 1.58 bits per heavy atom. The molecule has 3 N–H and O–H groups in total. The molecule has 0 unspecified atom stereocenters. The molecule has 13 heteroatoms. The highest BCUT2D eigenvalue weighted by Crippen LogP contribution is 2.30. The number of amides is 1. The molecule has 0 saturated heterocycles. The Balaban J connectivity index is 1.29. The minimum absolute atomic E-state index is 0.0832. The van der Waals surface area contributed by atoms with Crippen LogP contribution in [-0.4, -0.2) is 44.2 Å². The van der Waals surface area contributed by atoms with E-state index in [9.17, 15) is 30.7 Å². The lowest BCUT2D eigenvalue weighted by Crippen LogP contribution is -2.21. The number of nitrogens with one attached hydrogen (secondary N) is 1. The fourth-order valence-corrected chi connectivity index (χ4v) is 5.77. The predicted octanol–water partition coefficient (Wildman–Crippen LogP) is 5.15. The summed E-state index contributed by atoms with van der Waals surface area (Å²) in [6.45, 7) is 3.99. The largest absolute Gasteiger partial charge is 0.492 e. The van der Waals surface area contributed by atoms with E-state index >= 15 is 0 Å². The molecule has 222 valence electrons. The number of hydrazone groups is 1. The SMILES string of the molecule is CCOc1ccc(CNc2ccc(C=C3C(=O)N(c4ccc5cc(S(=O)(=O)O)ccc5c4)N=C3C)cc2)cc1S(=O)(=O)O. The number of ether oxygens (including phenoxy) is 1. The normalized spacial score (nSPS) is 14.8. The lowest BCUT2D eigenvalue weighted by molar-refractivity contribution is -0.114. The van der Waals surface area contributed by atoms with E-state index in [4.69, 9.17) is 4.74 Å². The van der Waals surface area contributed by atoms with Crippen LogP contribution in [-0.2, 0) is 31.6 Å². The number of anilines is 2. The monoisotopic (exact) mass is 621 g/mol. The second kappa shape index (κ2) is 11.6. The number of rotatable bonds is 9. The molecule has 0 aliphatic carbocycles. The number of carbonyl (C=O) groups excluding carboxylic acids is 1. The number of fused-ring (bicyclic) bond motifs is 1. The first-order chi connectivity index (χ1) is 20.3. The average Bonchev–Trinajstić information content (AvgIpc) is 3.24. The van der Waals surface area contributed by atoms with Crippen LogP contribution in [0.5, 0.6) is 5.75 Å². The van der Waals surface area contributed by atoms with Crippen LogP contribution in [0, 0.1) is 0 Å². The lowest BCUT2D eigenvalue weighted by Gasteiger charge is -2.13. The quantitative estimate of drug-likeness (QED) is 0.169. The topological polar surface area (TPSA) is 163 Å². The highest BCUT2D eigenvalue weighted by Gasteiger charge is 2.29. The smallest absolute Gasteiger partial charge is 0.298 e. The molecule has 0 radical (unpaired) electrons. The molecular formula is C30H27N3O8S2. The summed E-state index contributed by atoms with van der Waals surface area (Å²) in [5, 5.41) is 10.2. The highest BCUT2D eigenvalue weighted by atomic mass is 32.2. The molecule has 0 fully saturated rings. The van der Waals surface area contributed by atoms with Crippen molar-refractivity contribution in [1.29, 1.82) is 0 Å². The Morgan fingerprint density at radius 1 is 0.884 bits per heavy atom. The first kappa shape index (κ1) is 29.9. The molecule has 11 nitrogen and oxygen atoms in total. The third kappa shape index (κ3) is 6.60. The maximum absolute atomic E-state index is 13.3. The molecule has 1 heterocycles. The van der Waals surface area contributed by atoms with Crippen molar-refractivity contribution in [3.8, 4) is 5.75 Å². The van der Waals surface area contributed by atoms with E-state index in [1.807, 2.05) is 24.3 Å². The lowest BCUT2D eigenvalue weighted by atomic mass is 10.1. The van der Waals surface area contributed by atoms with E-state index < -0.39 is 20.2 Å². The van der Waals surface area contributed by atoms with Gasteiger partial charge in [0.2, 0.25) is 0 Å². The third-order valence-corrected chi connectivity index (χ3v) is 8.43. The number of nitrogens with zero attached hydrogens (tertiary/aromatic N) is 2. The van der Waals surface area contributed by atoms with Crippen molar-refractivity contribution in [1.82, 2.24) is 0 Å². The van der Waals surface area contributed by atoms with Crippen LogP contribution in [0.4, 0.5) is 11.4 Å². The van der Waals surface area contributed by atoms with E-state index in [1.165, 1.54) is 29.3 Å². The predicted molar refractivity (Wildman–Crippen MR) is 164 cm³/mol. The van der Waals surface area contributed by atoms with Crippen LogP contribution in [0.2, 0.25) is 0 Å². The molecule has 5 rings (SSSR count). The summed E-state index contributed by atoms with van der Waals surface area (Å²) in [6.07, 6.45) is 1.73. The first-order valence-electron chi connectivity index (χ1n) is 13.0. The maximum atomic E-state index is 13.3. The van der Waals surface area contributed by atoms with E-state index in [0.29, 0.717) is 33.3 Å².